The van der Waals surface area contributed by atoms with Gasteiger partial charge in [0.2, 0.25) is 5.91 Å². The number of rotatable bonds is 5. The Morgan fingerprint density at radius 1 is 1.47 bits per heavy atom. The Morgan fingerprint density at radius 2 is 2.11 bits per heavy atom. The monoisotopic (exact) mass is 270 g/mol. The minimum Gasteiger partial charge on any atom is -0.481 e. The summed E-state index contributed by atoms with van der Waals surface area (Å²) in [5, 5.41) is 9.27. The number of carboxylic acids is 1. The summed E-state index contributed by atoms with van der Waals surface area (Å²) in [5.41, 5.74) is 4.88. The molecule has 2 unspecified atom stereocenters. The van der Waals surface area contributed by atoms with Crippen LogP contribution in [0.25, 0.3) is 0 Å². The lowest BCUT2D eigenvalue weighted by molar-refractivity contribution is -0.153. The molecule has 1 fully saturated rings. The van der Waals surface area contributed by atoms with Crippen molar-refractivity contribution in [1.82, 2.24) is 4.90 Å². The molecule has 19 heavy (non-hydrogen) atoms. The van der Waals surface area contributed by atoms with Crippen LogP contribution in [0.2, 0.25) is 0 Å². The number of hydrogen-bond acceptors (Lipinski definition) is 3. The van der Waals surface area contributed by atoms with E-state index < -0.39 is 11.4 Å². The van der Waals surface area contributed by atoms with Crippen LogP contribution in [0, 0.1) is 11.3 Å². The molecule has 1 aliphatic heterocycles. The third kappa shape index (κ3) is 4.20. The maximum absolute atomic E-state index is 12.1. The first kappa shape index (κ1) is 16.0. The van der Waals surface area contributed by atoms with Gasteiger partial charge in [0.25, 0.3) is 0 Å². The normalized spacial score (nSPS) is 22.1. The molecule has 0 aliphatic carbocycles. The third-order valence-electron chi connectivity index (χ3n) is 4.16. The molecule has 0 bridgehead atoms. The maximum atomic E-state index is 12.1. The topological polar surface area (TPSA) is 83.6 Å². The first-order valence-electron chi connectivity index (χ1n) is 7.02. The van der Waals surface area contributed by atoms with E-state index in [1.165, 1.54) is 0 Å². The molecule has 2 atom stereocenters. The predicted octanol–water partition coefficient (Wildman–Crippen LogP) is 1.46. The summed E-state index contributed by atoms with van der Waals surface area (Å²) < 4.78 is 0. The first-order chi connectivity index (χ1) is 8.75. The second kappa shape index (κ2) is 6.37. The SMILES string of the molecule is CC(N)CCC(=O)N1CCCC(C(C)(C)C(=O)O)C1. The molecule has 1 heterocycles. The van der Waals surface area contributed by atoms with Crippen molar-refractivity contribution in [2.24, 2.45) is 17.1 Å². The van der Waals surface area contributed by atoms with E-state index in [1.54, 1.807) is 18.7 Å². The predicted molar refractivity (Wildman–Crippen MR) is 73.6 cm³/mol. The molecule has 1 aliphatic rings. The zero-order chi connectivity index (χ0) is 14.6. The van der Waals surface area contributed by atoms with Gasteiger partial charge in [-0.25, -0.2) is 0 Å². The van der Waals surface area contributed by atoms with Crippen LogP contribution in [0.4, 0.5) is 0 Å². The highest BCUT2D eigenvalue weighted by Gasteiger charge is 2.39. The van der Waals surface area contributed by atoms with Gasteiger partial charge in [0, 0.05) is 25.6 Å². The fourth-order valence-electron chi connectivity index (χ4n) is 2.48. The van der Waals surface area contributed by atoms with E-state index in [9.17, 15) is 14.7 Å². The van der Waals surface area contributed by atoms with Crippen LogP contribution in [0.15, 0.2) is 0 Å². The van der Waals surface area contributed by atoms with Crippen molar-refractivity contribution in [3.05, 3.63) is 0 Å². The number of aliphatic carboxylic acids is 1. The Labute approximate surface area is 115 Å². The molecular weight excluding hydrogens is 244 g/mol. The summed E-state index contributed by atoms with van der Waals surface area (Å²) in [7, 11) is 0. The van der Waals surface area contributed by atoms with Gasteiger partial charge in [-0.05, 0) is 46.0 Å². The van der Waals surface area contributed by atoms with Crippen molar-refractivity contribution in [3.63, 3.8) is 0 Å². The van der Waals surface area contributed by atoms with E-state index in [0.29, 0.717) is 19.4 Å². The summed E-state index contributed by atoms with van der Waals surface area (Å²) in [6, 6.07) is 0.0278. The standard InChI is InChI=1S/C14H26N2O3/c1-10(15)6-7-12(17)16-8-4-5-11(9-16)14(2,3)13(18)19/h10-11H,4-9,15H2,1-3H3,(H,18,19). The van der Waals surface area contributed by atoms with Crippen LogP contribution in [0.3, 0.4) is 0 Å². The number of likely N-dealkylation sites (tertiary alicyclic amines) is 1. The zero-order valence-corrected chi connectivity index (χ0v) is 12.2. The molecule has 5 nitrogen and oxygen atoms in total. The third-order valence-corrected chi connectivity index (χ3v) is 4.16. The van der Waals surface area contributed by atoms with Gasteiger partial charge < -0.3 is 15.7 Å². The fraction of sp³-hybridized carbons (Fsp3) is 0.857. The second-order valence-electron chi connectivity index (χ2n) is 6.22. The number of hydrogen-bond donors (Lipinski definition) is 2. The molecule has 0 saturated carbocycles. The van der Waals surface area contributed by atoms with E-state index in [4.69, 9.17) is 5.73 Å². The minimum absolute atomic E-state index is 0.0259. The van der Waals surface area contributed by atoms with E-state index in [2.05, 4.69) is 0 Å². The molecule has 110 valence electrons. The van der Waals surface area contributed by atoms with Gasteiger partial charge in [0.1, 0.15) is 0 Å². The van der Waals surface area contributed by atoms with Crippen LogP contribution in [0.1, 0.15) is 46.5 Å². The van der Waals surface area contributed by atoms with Crippen molar-refractivity contribution >= 4 is 11.9 Å². The van der Waals surface area contributed by atoms with E-state index in [-0.39, 0.29) is 17.9 Å². The highest BCUT2D eigenvalue weighted by molar-refractivity contribution is 5.77. The number of piperidine rings is 1. The summed E-state index contributed by atoms with van der Waals surface area (Å²) in [6.45, 7) is 6.67. The molecule has 0 aromatic carbocycles. The molecular formula is C14H26N2O3. The Morgan fingerprint density at radius 3 is 2.63 bits per heavy atom. The van der Waals surface area contributed by atoms with E-state index >= 15 is 0 Å². The lowest BCUT2D eigenvalue weighted by Crippen LogP contribution is -2.47. The Kier molecular flexibility index (Phi) is 5.35. The minimum atomic E-state index is -0.789. The number of nitrogens with zero attached hydrogens (tertiary/aromatic N) is 1. The van der Waals surface area contributed by atoms with Gasteiger partial charge in [0.15, 0.2) is 0 Å². The van der Waals surface area contributed by atoms with Crippen LogP contribution in [0.5, 0.6) is 0 Å². The number of carbonyl (C=O) groups is 2. The van der Waals surface area contributed by atoms with Crippen molar-refractivity contribution in [3.8, 4) is 0 Å². The molecule has 1 amide bonds. The number of carboxylic acid groups (broad SMARTS) is 1. The first-order valence-corrected chi connectivity index (χ1v) is 7.02. The molecule has 3 N–H and O–H groups in total. The molecule has 0 aromatic rings. The van der Waals surface area contributed by atoms with Crippen LogP contribution >= 0.6 is 0 Å². The quantitative estimate of drug-likeness (QED) is 0.792. The fourth-order valence-corrected chi connectivity index (χ4v) is 2.48. The van der Waals surface area contributed by atoms with Gasteiger partial charge in [0.05, 0.1) is 5.41 Å². The van der Waals surface area contributed by atoms with Crippen LogP contribution in [-0.2, 0) is 9.59 Å². The maximum Gasteiger partial charge on any atom is 0.309 e. The summed E-state index contributed by atoms with van der Waals surface area (Å²) in [6.07, 6.45) is 2.89. The lowest BCUT2D eigenvalue weighted by atomic mass is 9.74. The second-order valence-corrected chi connectivity index (χ2v) is 6.22. The number of nitrogens with two attached hydrogens (primary N) is 1. The Hall–Kier alpha value is -1.10. The van der Waals surface area contributed by atoms with Crippen molar-refractivity contribution in [2.45, 2.75) is 52.5 Å². The molecule has 1 saturated heterocycles. The largest absolute Gasteiger partial charge is 0.481 e. The highest BCUT2D eigenvalue weighted by Crippen LogP contribution is 2.34. The Balaban J connectivity index is 2.59. The molecule has 1 rings (SSSR count). The molecule has 5 heteroatoms. The summed E-state index contributed by atoms with van der Waals surface area (Å²) in [5.74, 6) is -0.663. The molecule has 0 spiro atoms. The number of carbonyl (C=O) groups excluding carboxylic acids is 1. The summed E-state index contributed by atoms with van der Waals surface area (Å²) in [4.78, 5) is 25.2. The van der Waals surface area contributed by atoms with Gasteiger partial charge in [-0.3, -0.25) is 9.59 Å². The van der Waals surface area contributed by atoms with Crippen molar-refractivity contribution in [1.29, 1.82) is 0 Å². The van der Waals surface area contributed by atoms with Gasteiger partial charge in [-0.15, -0.1) is 0 Å². The smallest absolute Gasteiger partial charge is 0.309 e. The van der Waals surface area contributed by atoms with Gasteiger partial charge in [-0.2, -0.15) is 0 Å². The van der Waals surface area contributed by atoms with Crippen molar-refractivity contribution in [2.75, 3.05) is 13.1 Å². The molecule has 0 aromatic heterocycles. The zero-order valence-electron chi connectivity index (χ0n) is 12.2. The van der Waals surface area contributed by atoms with E-state index in [1.807, 2.05) is 6.92 Å². The lowest BCUT2D eigenvalue weighted by Gasteiger charge is -2.39. The van der Waals surface area contributed by atoms with Gasteiger partial charge in [-0.1, -0.05) is 0 Å². The van der Waals surface area contributed by atoms with Crippen molar-refractivity contribution < 1.29 is 14.7 Å². The number of amides is 1. The highest BCUT2D eigenvalue weighted by atomic mass is 16.4. The van der Waals surface area contributed by atoms with Crippen LogP contribution < -0.4 is 5.73 Å². The average Bonchev–Trinajstić information content (AvgIpc) is 2.35. The van der Waals surface area contributed by atoms with Crippen LogP contribution in [-0.4, -0.2) is 41.0 Å². The summed E-state index contributed by atoms with van der Waals surface area (Å²) >= 11 is 0. The average molecular weight is 270 g/mol. The Bertz CT molecular complexity index is 340. The molecule has 0 radical (unpaired) electrons. The van der Waals surface area contributed by atoms with Gasteiger partial charge >= 0.3 is 5.97 Å². The van der Waals surface area contributed by atoms with E-state index in [0.717, 1.165) is 19.4 Å².